The second-order valence-corrected chi connectivity index (χ2v) is 6.28. The summed E-state index contributed by atoms with van der Waals surface area (Å²) in [6, 6.07) is 0. The summed E-state index contributed by atoms with van der Waals surface area (Å²) in [5.41, 5.74) is 5.25. The summed E-state index contributed by atoms with van der Waals surface area (Å²) in [4.78, 5) is 40.3. The SMILES string of the molecule is C=CC(=O)Cl.C=CC(=O)NCCCCCCC(=O)O.NCCCCCCC(=O)O. The summed E-state index contributed by atoms with van der Waals surface area (Å²) in [5.74, 6) is -1.60. The van der Waals surface area contributed by atoms with Gasteiger partial charge in [-0.3, -0.25) is 19.2 Å². The lowest BCUT2D eigenvalue weighted by Crippen LogP contribution is -2.21. The molecule has 29 heavy (non-hydrogen) atoms. The molecule has 8 nitrogen and oxygen atoms in total. The molecule has 1 amide bonds. The van der Waals surface area contributed by atoms with E-state index in [-0.39, 0.29) is 12.3 Å². The van der Waals surface area contributed by atoms with Crippen LogP contribution in [0.15, 0.2) is 25.3 Å². The van der Waals surface area contributed by atoms with Gasteiger partial charge >= 0.3 is 11.9 Å². The number of hydrogen-bond donors (Lipinski definition) is 4. The van der Waals surface area contributed by atoms with Crippen LogP contribution in [0, 0.1) is 0 Å². The van der Waals surface area contributed by atoms with E-state index in [1.807, 2.05) is 0 Å². The minimum absolute atomic E-state index is 0.157. The third-order valence-corrected chi connectivity index (χ3v) is 3.46. The molecule has 0 spiro atoms. The van der Waals surface area contributed by atoms with Crippen molar-refractivity contribution in [2.45, 2.75) is 64.2 Å². The van der Waals surface area contributed by atoms with Crippen molar-refractivity contribution < 1.29 is 29.4 Å². The molecule has 0 aliphatic carbocycles. The standard InChI is InChI=1S/C10H17NO3.C7H15NO2.C3H3ClO/c1-2-9(12)11-8-6-4-3-5-7-10(13)14;8-6-4-2-1-3-5-7(9)10;1-2-3(4)5/h2H,1,3-8H2,(H,11,12)(H,13,14);1-6,8H2,(H,9,10);2H,1H2. The summed E-state index contributed by atoms with van der Waals surface area (Å²) in [5, 5.41) is 18.7. The zero-order valence-electron chi connectivity index (χ0n) is 17.0. The van der Waals surface area contributed by atoms with E-state index < -0.39 is 17.2 Å². The number of amides is 1. The van der Waals surface area contributed by atoms with Crippen LogP contribution in [-0.2, 0) is 19.2 Å². The van der Waals surface area contributed by atoms with Crippen LogP contribution in [0.1, 0.15) is 64.2 Å². The molecule has 9 heteroatoms. The number of rotatable bonds is 15. The van der Waals surface area contributed by atoms with Gasteiger partial charge in [0.25, 0.3) is 0 Å². The molecule has 0 fully saturated rings. The van der Waals surface area contributed by atoms with Crippen molar-refractivity contribution in [3.63, 3.8) is 0 Å². The predicted octanol–water partition coefficient (Wildman–Crippen LogP) is 3.24. The van der Waals surface area contributed by atoms with Crippen molar-refractivity contribution in [3.8, 4) is 0 Å². The van der Waals surface area contributed by atoms with Crippen molar-refractivity contribution in [2.75, 3.05) is 13.1 Å². The van der Waals surface area contributed by atoms with Gasteiger partial charge in [0.05, 0.1) is 0 Å². The van der Waals surface area contributed by atoms with Gasteiger partial charge in [-0.15, -0.1) is 0 Å². The van der Waals surface area contributed by atoms with Gasteiger partial charge in [0.1, 0.15) is 0 Å². The van der Waals surface area contributed by atoms with E-state index in [1.54, 1.807) is 0 Å². The van der Waals surface area contributed by atoms with Gasteiger partial charge in [0.2, 0.25) is 11.1 Å². The van der Waals surface area contributed by atoms with Crippen molar-refractivity contribution in [1.29, 1.82) is 0 Å². The smallest absolute Gasteiger partial charge is 0.303 e. The van der Waals surface area contributed by atoms with Crippen molar-refractivity contribution in [1.82, 2.24) is 5.32 Å². The van der Waals surface area contributed by atoms with Gasteiger partial charge < -0.3 is 21.3 Å². The number of carboxylic acid groups (broad SMARTS) is 2. The Balaban J connectivity index is -0.000000392. The Morgan fingerprint density at radius 3 is 1.55 bits per heavy atom. The lowest BCUT2D eigenvalue weighted by molar-refractivity contribution is -0.138. The Bertz CT molecular complexity index is 484. The molecule has 0 rings (SSSR count). The minimum Gasteiger partial charge on any atom is -0.481 e. The maximum Gasteiger partial charge on any atom is 0.303 e. The van der Waals surface area contributed by atoms with E-state index in [0.29, 0.717) is 25.9 Å². The average Bonchev–Trinajstić information content (AvgIpc) is 2.67. The minimum atomic E-state index is -0.745. The van der Waals surface area contributed by atoms with Gasteiger partial charge in [-0.1, -0.05) is 38.8 Å². The predicted molar refractivity (Wildman–Crippen MR) is 115 cm³/mol. The number of carbonyl (C=O) groups excluding carboxylic acids is 2. The number of halogens is 1. The maximum absolute atomic E-state index is 10.7. The zero-order valence-corrected chi connectivity index (χ0v) is 17.8. The van der Waals surface area contributed by atoms with Gasteiger partial charge in [-0.25, -0.2) is 0 Å². The number of carbonyl (C=O) groups is 4. The highest BCUT2D eigenvalue weighted by atomic mass is 35.5. The Hall–Kier alpha value is -2.19. The summed E-state index contributed by atoms with van der Waals surface area (Å²) in [7, 11) is 0. The Morgan fingerprint density at radius 1 is 0.793 bits per heavy atom. The molecule has 0 saturated carbocycles. The van der Waals surface area contributed by atoms with E-state index in [9.17, 15) is 19.2 Å². The monoisotopic (exact) mass is 434 g/mol. The van der Waals surface area contributed by atoms with Gasteiger partial charge in [0, 0.05) is 19.4 Å². The van der Waals surface area contributed by atoms with Gasteiger partial charge in [0.15, 0.2) is 0 Å². The molecular formula is C20H35ClN2O6. The molecule has 0 radical (unpaired) electrons. The fourth-order valence-corrected chi connectivity index (χ4v) is 1.81. The highest BCUT2D eigenvalue weighted by molar-refractivity contribution is 6.66. The number of aliphatic carboxylic acids is 2. The molecule has 0 aromatic rings. The van der Waals surface area contributed by atoms with Crippen molar-refractivity contribution in [3.05, 3.63) is 25.3 Å². The fourth-order valence-electron chi connectivity index (χ4n) is 1.81. The number of nitrogens with one attached hydrogen (secondary N) is 1. The number of carboxylic acids is 2. The van der Waals surface area contributed by atoms with Crippen LogP contribution in [0.3, 0.4) is 0 Å². The molecule has 0 aliphatic heterocycles. The fraction of sp³-hybridized carbons (Fsp3) is 0.600. The topological polar surface area (TPSA) is 147 Å². The number of nitrogens with two attached hydrogens (primary N) is 1. The Morgan fingerprint density at radius 2 is 1.21 bits per heavy atom. The highest BCUT2D eigenvalue weighted by Crippen LogP contribution is 2.02. The molecular weight excluding hydrogens is 400 g/mol. The van der Waals surface area contributed by atoms with Crippen LogP contribution in [0.5, 0.6) is 0 Å². The number of allylic oxidation sites excluding steroid dienone is 1. The molecule has 0 aliphatic rings. The first-order chi connectivity index (χ1) is 13.7. The highest BCUT2D eigenvalue weighted by Gasteiger charge is 1.97. The van der Waals surface area contributed by atoms with E-state index in [0.717, 1.165) is 51.0 Å². The molecule has 0 aromatic heterocycles. The first-order valence-electron chi connectivity index (χ1n) is 9.57. The summed E-state index contributed by atoms with van der Waals surface area (Å²) >= 11 is 4.71. The van der Waals surface area contributed by atoms with Gasteiger partial charge in [-0.2, -0.15) is 0 Å². The Kier molecular flexibility index (Phi) is 28.0. The van der Waals surface area contributed by atoms with Crippen LogP contribution in [0.25, 0.3) is 0 Å². The molecule has 0 unspecified atom stereocenters. The normalized spacial score (nSPS) is 9.03. The first kappa shape index (κ1) is 31.5. The van der Waals surface area contributed by atoms with Crippen molar-refractivity contribution in [2.24, 2.45) is 5.73 Å². The van der Waals surface area contributed by atoms with Crippen LogP contribution >= 0.6 is 11.6 Å². The maximum atomic E-state index is 10.7. The molecule has 168 valence electrons. The van der Waals surface area contributed by atoms with Crippen LogP contribution in [0.4, 0.5) is 0 Å². The number of hydrogen-bond acceptors (Lipinski definition) is 5. The van der Waals surface area contributed by atoms with Gasteiger partial charge in [-0.05, 0) is 56.0 Å². The second-order valence-electron chi connectivity index (χ2n) is 5.91. The summed E-state index contributed by atoms with van der Waals surface area (Å²) in [6.45, 7) is 7.76. The number of unbranched alkanes of at least 4 members (excludes halogenated alkanes) is 6. The molecule has 5 N–H and O–H groups in total. The van der Waals surface area contributed by atoms with Crippen LogP contribution in [0.2, 0.25) is 0 Å². The summed E-state index contributed by atoms with van der Waals surface area (Å²) in [6.07, 6.45) is 10.1. The summed E-state index contributed by atoms with van der Waals surface area (Å²) < 4.78 is 0. The van der Waals surface area contributed by atoms with Crippen LogP contribution < -0.4 is 11.1 Å². The second kappa shape index (κ2) is 25.8. The third kappa shape index (κ3) is 41.4. The van der Waals surface area contributed by atoms with E-state index >= 15 is 0 Å². The molecule has 0 bridgehead atoms. The van der Waals surface area contributed by atoms with E-state index in [4.69, 9.17) is 27.5 Å². The molecule has 0 atom stereocenters. The van der Waals surface area contributed by atoms with Crippen molar-refractivity contribution >= 4 is 34.7 Å². The molecule has 0 heterocycles. The van der Waals surface area contributed by atoms with Crippen LogP contribution in [-0.4, -0.2) is 46.4 Å². The van der Waals surface area contributed by atoms with E-state index in [2.05, 4.69) is 18.5 Å². The largest absolute Gasteiger partial charge is 0.481 e. The molecule has 0 saturated heterocycles. The average molecular weight is 435 g/mol. The third-order valence-electron chi connectivity index (χ3n) is 3.31. The van der Waals surface area contributed by atoms with E-state index in [1.165, 1.54) is 6.08 Å². The Labute approximate surface area is 178 Å². The zero-order chi connectivity index (χ0) is 22.9. The quantitative estimate of drug-likeness (QED) is 0.176. The lowest BCUT2D eigenvalue weighted by atomic mass is 10.1. The first-order valence-corrected chi connectivity index (χ1v) is 9.94. The lowest BCUT2D eigenvalue weighted by Gasteiger charge is -2.01. The molecule has 0 aromatic carbocycles.